The van der Waals surface area contributed by atoms with Crippen LogP contribution in [0.1, 0.15) is 75.2 Å². The maximum absolute atomic E-state index is 11.9. The lowest BCUT2D eigenvalue weighted by Crippen LogP contribution is -2.61. The molecule has 6 atom stereocenters. The Kier molecular flexibility index (Phi) is 11.9. The minimum absolute atomic E-state index is 0.00194. The largest absolute Gasteiger partial charge is 0.462 e. The number of carbonyl (C=O) groups excluding carboxylic acids is 2. The molecule has 1 saturated heterocycles. The van der Waals surface area contributed by atoms with Gasteiger partial charge in [0.05, 0.1) is 24.4 Å². The molecule has 0 aromatic heterocycles. The molecule has 1 heterocycles. The zero-order valence-corrected chi connectivity index (χ0v) is 27.7. The van der Waals surface area contributed by atoms with Crippen molar-refractivity contribution in [3.8, 4) is 0 Å². The highest BCUT2D eigenvalue weighted by molar-refractivity contribution is 6.74. The molecule has 0 unspecified atom stereocenters. The zero-order chi connectivity index (χ0) is 29.0. The molecule has 7 nitrogen and oxygen atoms in total. The van der Waals surface area contributed by atoms with Crippen LogP contribution in [0, 0.1) is 5.92 Å². The van der Waals surface area contributed by atoms with E-state index in [0.29, 0.717) is 12.8 Å². The Bertz CT molecular complexity index is 782. The van der Waals surface area contributed by atoms with Crippen molar-refractivity contribution < 1.29 is 32.7 Å². The fourth-order valence-corrected chi connectivity index (χ4v) is 6.84. The molecule has 1 aliphatic heterocycles. The van der Waals surface area contributed by atoms with Crippen molar-refractivity contribution in [1.29, 1.82) is 0 Å². The van der Waals surface area contributed by atoms with Gasteiger partial charge in [-0.25, -0.2) is 0 Å². The number of hydrogen-bond donors (Lipinski definition) is 0. The highest BCUT2D eigenvalue weighted by Gasteiger charge is 2.52. The highest BCUT2D eigenvalue weighted by atomic mass is 28.4. The van der Waals surface area contributed by atoms with Gasteiger partial charge >= 0.3 is 11.9 Å². The van der Waals surface area contributed by atoms with E-state index >= 15 is 0 Å². The molecule has 1 rings (SSSR count). The van der Waals surface area contributed by atoms with E-state index in [0.717, 1.165) is 0 Å². The van der Waals surface area contributed by atoms with Crippen LogP contribution < -0.4 is 0 Å². The fraction of sp³-hybridized carbons (Fsp3) is 0.857. The van der Waals surface area contributed by atoms with Gasteiger partial charge in [0.1, 0.15) is 12.7 Å². The number of rotatable bonds is 11. The summed E-state index contributed by atoms with van der Waals surface area (Å²) in [6, 6.07) is 0. The van der Waals surface area contributed by atoms with Gasteiger partial charge in [-0.1, -0.05) is 54.5 Å². The SMILES string of the molecule is C=CC[C@@H]1O[C@@H](C[C@H](COC(C)=O)OC(C)=O)[C@@H](O[Si](C)(C)C(C)(C)C)[C@H](C)[C@H]1O[Si](C)(C)C(C)(C)C. The highest BCUT2D eigenvalue weighted by Crippen LogP contribution is 2.45. The summed E-state index contributed by atoms with van der Waals surface area (Å²) in [7, 11) is -4.31. The lowest BCUT2D eigenvalue weighted by Gasteiger charge is -2.52. The van der Waals surface area contributed by atoms with Crippen LogP contribution in [0.3, 0.4) is 0 Å². The normalized spacial score (nSPS) is 26.4. The monoisotopic (exact) mass is 558 g/mol. The molecule has 0 N–H and O–H groups in total. The molecule has 0 aromatic carbocycles. The van der Waals surface area contributed by atoms with E-state index in [1.54, 1.807) is 0 Å². The molecule has 0 aromatic rings. The van der Waals surface area contributed by atoms with Crippen molar-refractivity contribution in [1.82, 2.24) is 0 Å². The summed E-state index contributed by atoms with van der Waals surface area (Å²) in [5.74, 6) is -0.820. The molecule has 0 bridgehead atoms. The third-order valence-corrected chi connectivity index (χ3v) is 17.2. The minimum Gasteiger partial charge on any atom is -0.462 e. The molecule has 0 radical (unpaired) electrons. The van der Waals surface area contributed by atoms with E-state index in [2.05, 4.69) is 81.2 Å². The number of ether oxygens (including phenoxy) is 3. The third kappa shape index (κ3) is 9.60. The van der Waals surface area contributed by atoms with Gasteiger partial charge in [-0.3, -0.25) is 9.59 Å². The Labute approximate surface area is 228 Å². The predicted molar refractivity (Wildman–Crippen MR) is 154 cm³/mol. The first-order chi connectivity index (χ1) is 16.6. The molecule has 0 amide bonds. The smallest absolute Gasteiger partial charge is 0.303 e. The second kappa shape index (κ2) is 12.9. The summed E-state index contributed by atoms with van der Waals surface area (Å²) in [6.07, 6.45) is 1.22. The summed E-state index contributed by atoms with van der Waals surface area (Å²) < 4.78 is 31.5. The van der Waals surface area contributed by atoms with Crippen molar-refractivity contribution in [2.45, 2.75) is 142 Å². The molecular formula is C28H54O7Si2. The third-order valence-electron chi connectivity index (χ3n) is 8.29. The topological polar surface area (TPSA) is 80.3 Å². The molecule has 37 heavy (non-hydrogen) atoms. The second-order valence-electron chi connectivity index (χ2n) is 13.6. The summed E-state index contributed by atoms with van der Waals surface area (Å²) >= 11 is 0. The van der Waals surface area contributed by atoms with Crippen LogP contribution in [-0.2, 0) is 32.7 Å². The van der Waals surface area contributed by atoms with E-state index < -0.39 is 34.7 Å². The fourth-order valence-electron chi connectivity index (χ4n) is 4.04. The van der Waals surface area contributed by atoms with Gasteiger partial charge in [0.25, 0.3) is 0 Å². The van der Waals surface area contributed by atoms with Gasteiger partial charge < -0.3 is 23.1 Å². The van der Waals surface area contributed by atoms with Crippen molar-refractivity contribution in [3.63, 3.8) is 0 Å². The van der Waals surface area contributed by atoms with Crippen LogP contribution in [0.2, 0.25) is 36.3 Å². The minimum atomic E-state index is -2.20. The Morgan fingerprint density at radius 3 is 1.73 bits per heavy atom. The van der Waals surface area contributed by atoms with Crippen molar-refractivity contribution in [3.05, 3.63) is 12.7 Å². The first-order valence-corrected chi connectivity index (χ1v) is 19.4. The van der Waals surface area contributed by atoms with Crippen LogP contribution in [0.15, 0.2) is 12.7 Å². The van der Waals surface area contributed by atoms with Crippen molar-refractivity contribution in [2.24, 2.45) is 5.92 Å². The van der Waals surface area contributed by atoms with E-state index in [1.165, 1.54) is 13.8 Å². The first kappa shape index (κ1) is 34.0. The molecule has 9 heteroatoms. The average molecular weight is 559 g/mol. The molecule has 0 saturated carbocycles. The van der Waals surface area contributed by atoms with Crippen LogP contribution >= 0.6 is 0 Å². The molecule has 0 aliphatic carbocycles. The van der Waals surface area contributed by atoms with E-state index in [1.807, 2.05) is 6.08 Å². The van der Waals surface area contributed by atoms with Crippen LogP contribution in [0.4, 0.5) is 0 Å². The van der Waals surface area contributed by atoms with Gasteiger partial charge in [0.2, 0.25) is 0 Å². The van der Waals surface area contributed by atoms with E-state index in [4.69, 9.17) is 23.1 Å². The number of esters is 2. The molecule has 0 spiro atoms. The average Bonchev–Trinajstić information content (AvgIpc) is 2.69. The van der Waals surface area contributed by atoms with Gasteiger partial charge in [-0.2, -0.15) is 0 Å². The van der Waals surface area contributed by atoms with Crippen LogP contribution in [-0.4, -0.2) is 65.7 Å². The van der Waals surface area contributed by atoms with Crippen molar-refractivity contribution in [2.75, 3.05) is 6.61 Å². The lowest BCUT2D eigenvalue weighted by molar-refractivity contribution is -0.198. The quantitative estimate of drug-likeness (QED) is 0.160. The maximum Gasteiger partial charge on any atom is 0.303 e. The second-order valence-corrected chi connectivity index (χ2v) is 23.1. The van der Waals surface area contributed by atoms with Gasteiger partial charge in [-0.05, 0) is 42.7 Å². The summed E-state index contributed by atoms with van der Waals surface area (Å²) in [4.78, 5) is 23.4. The molecule has 216 valence electrons. The van der Waals surface area contributed by atoms with Crippen LogP contribution in [0.25, 0.3) is 0 Å². The van der Waals surface area contributed by atoms with Gasteiger partial charge in [0, 0.05) is 26.2 Å². The molecular weight excluding hydrogens is 504 g/mol. The zero-order valence-electron chi connectivity index (χ0n) is 25.7. The molecule has 1 fully saturated rings. The Morgan fingerprint density at radius 2 is 1.35 bits per heavy atom. The number of carbonyl (C=O) groups is 2. The van der Waals surface area contributed by atoms with E-state index in [-0.39, 0.29) is 47.0 Å². The molecule has 1 aliphatic rings. The summed E-state index contributed by atoms with van der Waals surface area (Å²) in [5, 5.41) is 0.0422. The summed E-state index contributed by atoms with van der Waals surface area (Å²) in [5.41, 5.74) is 0. The number of hydrogen-bond acceptors (Lipinski definition) is 7. The Balaban J connectivity index is 3.47. The lowest BCUT2D eigenvalue weighted by atomic mass is 9.84. The van der Waals surface area contributed by atoms with E-state index in [9.17, 15) is 9.59 Å². The first-order valence-electron chi connectivity index (χ1n) is 13.6. The predicted octanol–water partition coefficient (Wildman–Crippen LogP) is 6.63. The van der Waals surface area contributed by atoms with Gasteiger partial charge in [0.15, 0.2) is 16.6 Å². The van der Waals surface area contributed by atoms with Crippen LogP contribution in [0.5, 0.6) is 0 Å². The van der Waals surface area contributed by atoms with Crippen molar-refractivity contribution >= 4 is 28.6 Å². The maximum atomic E-state index is 11.9. The Morgan fingerprint density at radius 1 is 0.892 bits per heavy atom. The summed E-state index contributed by atoms with van der Waals surface area (Å²) in [6.45, 7) is 31.2. The van der Waals surface area contributed by atoms with Gasteiger partial charge in [-0.15, -0.1) is 6.58 Å². The standard InChI is InChI=1S/C28H54O7Si2/c1-15-16-23-25(34-36(11,12)27(5,6)7)19(2)26(35-37(13,14)28(8,9)10)24(33-23)17-22(32-21(4)30)18-31-20(3)29/h15,19,22-26H,1,16-18H2,2-14H3/t19-,22-,23+,24+,25-,26+/m1/s1. The Hall–Kier alpha value is -1.01.